The van der Waals surface area contributed by atoms with Crippen LogP contribution < -0.4 is 0 Å². The minimum absolute atomic E-state index is 0.869. The number of fused-ring (bicyclic) bond motifs is 2. The number of hydrogen-bond donors (Lipinski definition) is 0. The van der Waals surface area contributed by atoms with Gasteiger partial charge in [-0.05, 0) is 21.5 Å². The Morgan fingerprint density at radius 1 is 0.500 bits per heavy atom. The fourth-order valence-electron chi connectivity index (χ4n) is 3.93. The molecule has 0 bridgehead atoms. The largest absolute Gasteiger partial charge is 0.293 e. The molecule has 4 nitrogen and oxygen atoms in total. The molecule has 30 heavy (non-hydrogen) atoms. The van der Waals surface area contributed by atoms with Crippen LogP contribution in [0.5, 0.6) is 0 Å². The van der Waals surface area contributed by atoms with E-state index in [0.717, 1.165) is 37.3 Å². The van der Waals surface area contributed by atoms with Crippen molar-refractivity contribution in [3.05, 3.63) is 96.1 Å². The highest BCUT2D eigenvalue weighted by Crippen LogP contribution is 2.18. The van der Waals surface area contributed by atoms with Crippen LogP contribution in [-0.4, -0.2) is 48.6 Å². The van der Waals surface area contributed by atoms with Gasteiger partial charge in [0.1, 0.15) is 0 Å². The highest BCUT2D eigenvalue weighted by Gasteiger charge is 2.13. The minimum Gasteiger partial charge on any atom is -0.293 e. The predicted octanol–water partition coefficient (Wildman–Crippen LogP) is 4.98. The predicted molar refractivity (Wildman–Crippen MR) is 126 cm³/mol. The summed E-state index contributed by atoms with van der Waals surface area (Å²) < 4.78 is 0. The summed E-state index contributed by atoms with van der Waals surface area (Å²) in [6.45, 7) is 3.48. The lowest BCUT2D eigenvalue weighted by Gasteiger charge is -2.31. The van der Waals surface area contributed by atoms with Gasteiger partial charge in [0.15, 0.2) is 0 Å². The Labute approximate surface area is 176 Å². The molecule has 0 amide bonds. The Morgan fingerprint density at radius 2 is 0.900 bits per heavy atom. The first kappa shape index (κ1) is 18.4. The topological polar surface area (TPSA) is 31.2 Å². The third-order valence-electron chi connectivity index (χ3n) is 5.60. The Bertz CT molecular complexity index is 1110. The third-order valence-corrected chi connectivity index (χ3v) is 5.60. The van der Waals surface area contributed by atoms with E-state index in [4.69, 9.17) is 10.2 Å². The molecular weight excluding hydrogens is 368 g/mol. The molecule has 4 aromatic rings. The second-order valence-electron chi connectivity index (χ2n) is 7.53. The van der Waals surface area contributed by atoms with Gasteiger partial charge in [-0.3, -0.25) is 10.0 Å². The Hall–Kier alpha value is -3.66. The number of hydrogen-bond acceptors (Lipinski definition) is 4. The van der Waals surface area contributed by atoms with E-state index in [1.54, 1.807) is 0 Å². The molecule has 1 aliphatic heterocycles. The van der Waals surface area contributed by atoms with Crippen molar-refractivity contribution in [2.24, 2.45) is 10.2 Å². The summed E-state index contributed by atoms with van der Waals surface area (Å²) in [7, 11) is 0. The number of hydrazone groups is 2. The maximum Gasteiger partial charge on any atom is 0.0553 e. The van der Waals surface area contributed by atoms with E-state index < -0.39 is 0 Å². The van der Waals surface area contributed by atoms with Gasteiger partial charge in [0.05, 0.1) is 38.6 Å². The van der Waals surface area contributed by atoms with Gasteiger partial charge in [0.2, 0.25) is 0 Å². The van der Waals surface area contributed by atoms with Gasteiger partial charge in [0.25, 0.3) is 0 Å². The summed E-state index contributed by atoms with van der Waals surface area (Å²) in [4.78, 5) is 0. The van der Waals surface area contributed by atoms with Crippen LogP contribution in [0.2, 0.25) is 0 Å². The number of rotatable bonds is 4. The van der Waals surface area contributed by atoms with Crippen molar-refractivity contribution < 1.29 is 0 Å². The van der Waals surface area contributed by atoms with Gasteiger partial charge in [-0.1, -0.05) is 84.9 Å². The molecule has 1 aliphatic rings. The van der Waals surface area contributed by atoms with Crippen LogP contribution in [0.15, 0.2) is 95.1 Å². The zero-order chi connectivity index (χ0) is 20.2. The summed E-state index contributed by atoms with van der Waals surface area (Å²) in [5.74, 6) is 0. The molecule has 0 spiro atoms. The lowest BCUT2D eigenvalue weighted by Crippen LogP contribution is -2.41. The molecule has 0 aromatic heterocycles. The van der Waals surface area contributed by atoms with E-state index in [2.05, 4.69) is 94.9 Å². The first-order valence-corrected chi connectivity index (χ1v) is 10.4. The van der Waals surface area contributed by atoms with Gasteiger partial charge in [0, 0.05) is 11.1 Å². The number of nitrogens with zero attached hydrogens (tertiary/aromatic N) is 4. The number of benzene rings is 4. The Morgan fingerprint density at radius 3 is 1.37 bits per heavy atom. The first-order chi connectivity index (χ1) is 14.9. The molecule has 0 saturated carbocycles. The lowest BCUT2D eigenvalue weighted by molar-refractivity contribution is 0.141. The van der Waals surface area contributed by atoms with Gasteiger partial charge in [-0.15, -0.1) is 0 Å². The van der Waals surface area contributed by atoms with E-state index in [0.29, 0.717) is 0 Å². The van der Waals surface area contributed by atoms with E-state index in [9.17, 15) is 0 Å². The molecule has 0 radical (unpaired) electrons. The van der Waals surface area contributed by atoms with Crippen LogP contribution in [0.4, 0.5) is 0 Å². The standard InChI is InChI=1S/C26H24N4/c1-3-13-25-21(7-1)9-5-11-23(25)19-27-29-15-17-30(18-16-29)28-20-24-12-6-10-22-8-2-4-14-26(22)24/h1-14,19-20H,15-18H2/b27-19-,28-20-. The normalized spacial score (nSPS) is 15.1. The van der Waals surface area contributed by atoms with E-state index in [1.165, 1.54) is 21.5 Å². The van der Waals surface area contributed by atoms with Crippen molar-refractivity contribution in [2.45, 2.75) is 0 Å². The molecule has 1 heterocycles. The van der Waals surface area contributed by atoms with E-state index in [1.807, 2.05) is 12.4 Å². The molecule has 0 N–H and O–H groups in total. The second-order valence-corrected chi connectivity index (χ2v) is 7.53. The lowest BCUT2D eigenvalue weighted by atomic mass is 10.1. The molecule has 5 rings (SSSR count). The van der Waals surface area contributed by atoms with Crippen LogP contribution in [0.3, 0.4) is 0 Å². The van der Waals surface area contributed by atoms with Crippen LogP contribution >= 0.6 is 0 Å². The molecule has 0 atom stereocenters. The van der Waals surface area contributed by atoms with Crippen LogP contribution in [0, 0.1) is 0 Å². The average Bonchev–Trinajstić information content (AvgIpc) is 2.82. The first-order valence-electron chi connectivity index (χ1n) is 10.4. The highest BCUT2D eigenvalue weighted by atomic mass is 15.5. The van der Waals surface area contributed by atoms with Crippen molar-refractivity contribution in [2.75, 3.05) is 26.2 Å². The van der Waals surface area contributed by atoms with Crippen molar-refractivity contribution in [3.8, 4) is 0 Å². The fourth-order valence-corrected chi connectivity index (χ4v) is 3.93. The molecule has 4 aromatic carbocycles. The van der Waals surface area contributed by atoms with Gasteiger partial charge < -0.3 is 0 Å². The van der Waals surface area contributed by atoms with Crippen molar-refractivity contribution >= 4 is 34.0 Å². The van der Waals surface area contributed by atoms with Crippen molar-refractivity contribution in [3.63, 3.8) is 0 Å². The quantitative estimate of drug-likeness (QED) is 0.459. The molecule has 4 heteroatoms. The second kappa shape index (κ2) is 8.37. The summed E-state index contributed by atoms with van der Waals surface area (Å²) in [6, 6.07) is 29.6. The van der Waals surface area contributed by atoms with E-state index in [-0.39, 0.29) is 0 Å². The van der Waals surface area contributed by atoms with E-state index >= 15 is 0 Å². The molecule has 0 unspecified atom stereocenters. The smallest absolute Gasteiger partial charge is 0.0553 e. The Kier molecular flexibility index (Phi) is 5.13. The summed E-state index contributed by atoms with van der Waals surface area (Å²) >= 11 is 0. The number of piperazine rings is 1. The molecule has 0 aliphatic carbocycles. The minimum atomic E-state index is 0.869. The maximum absolute atomic E-state index is 4.73. The van der Waals surface area contributed by atoms with Crippen LogP contribution in [-0.2, 0) is 0 Å². The van der Waals surface area contributed by atoms with Crippen LogP contribution in [0.1, 0.15) is 11.1 Å². The zero-order valence-corrected chi connectivity index (χ0v) is 16.9. The van der Waals surface area contributed by atoms with Crippen molar-refractivity contribution in [1.29, 1.82) is 0 Å². The van der Waals surface area contributed by atoms with Gasteiger partial charge >= 0.3 is 0 Å². The molecule has 148 valence electrons. The van der Waals surface area contributed by atoms with Crippen molar-refractivity contribution in [1.82, 2.24) is 10.0 Å². The monoisotopic (exact) mass is 392 g/mol. The molecular formula is C26H24N4. The fraction of sp³-hybridized carbons (Fsp3) is 0.154. The average molecular weight is 393 g/mol. The highest BCUT2D eigenvalue weighted by molar-refractivity contribution is 6.00. The Balaban J connectivity index is 1.23. The summed E-state index contributed by atoms with van der Waals surface area (Å²) in [6.07, 6.45) is 3.97. The summed E-state index contributed by atoms with van der Waals surface area (Å²) in [5.41, 5.74) is 2.31. The van der Waals surface area contributed by atoms with Gasteiger partial charge in [-0.2, -0.15) is 10.2 Å². The summed E-state index contributed by atoms with van der Waals surface area (Å²) in [5, 5.41) is 18.7. The SMILES string of the molecule is C(=N/N1CCN(/N=C\c2cccc3ccccc23)CC1)/c1cccc2ccccc12. The molecule has 1 saturated heterocycles. The maximum atomic E-state index is 4.73. The third kappa shape index (κ3) is 3.90. The molecule has 1 fully saturated rings. The zero-order valence-electron chi connectivity index (χ0n) is 16.9. The van der Waals surface area contributed by atoms with Crippen LogP contribution in [0.25, 0.3) is 21.5 Å². The van der Waals surface area contributed by atoms with Gasteiger partial charge in [-0.25, -0.2) is 0 Å².